The number of hydrogen-bond donors (Lipinski definition) is 2. The van der Waals surface area contributed by atoms with Crippen molar-refractivity contribution >= 4 is 18.0 Å². The second-order valence-corrected chi connectivity index (χ2v) is 6.93. The first kappa shape index (κ1) is 18.3. The van der Waals surface area contributed by atoms with E-state index in [1.807, 2.05) is 0 Å². The van der Waals surface area contributed by atoms with Crippen LogP contribution in [0, 0.1) is 5.92 Å². The van der Waals surface area contributed by atoms with E-state index in [0.717, 1.165) is 0 Å². The molecule has 0 bridgehead atoms. The molecule has 1 saturated heterocycles. The fourth-order valence-corrected chi connectivity index (χ4v) is 2.66. The van der Waals surface area contributed by atoms with Crippen molar-refractivity contribution in [3.8, 4) is 0 Å². The Morgan fingerprint density at radius 3 is 2.00 bits per heavy atom. The first-order valence-electron chi connectivity index (χ1n) is 7.46. The van der Waals surface area contributed by atoms with E-state index in [0.29, 0.717) is 25.9 Å². The zero-order chi connectivity index (χ0) is 17.1. The molecular weight excluding hydrogens is 288 g/mol. The Hall–Kier alpha value is -1.79. The first-order chi connectivity index (χ1) is 9.95. The van der Waals surface area contributed by atoms with E-state index in [1.165, 1.54) is 13.8 Å². The van der Waals surface area contributed by atoms with E-state index in [-0.39, 0.29) is 17.9 Å². The zero-order valence-corrected chi connectivity index (χ0v) is 13.9. The molecule has 0 aromatic heterocycles. The van der Waals surface area contributed by atoms with Crippen LogP contribution in [0.1, 0.15) is 47.5 Å². The number of piperidine rings is 1. The lowest BCUT2D eigenvalue weighted by Gasteiger charge is -2.40. The lowest BCUT2D eigenvalue weighted by atomic mass is 9.79. The van der Waals surface area contributed by atoms with Gasteiger partial charge in [0.15, 0.2) is 0 Å². The zero-order valence-electron chi connectivity index (χ0n) is 13.9. The molecule has 2 amide bonds. The van der Waals surface area contributed by atoms with Gasteiger partial charge in [0.25, 0.3) is 0 Å². The third kappa shape index (κ3) is 4.61. The summed E-state index contributed by atoms with van der Waals surface area (Å²) in [6.07, 6.45) is 0.618. The van der Waals surface area contributed by atoms with Gasteiger partial charge in [0, 0.05) is 20.0 Å². The molecular formula is C15H26N2O5. The molecule has 0 spiro atoms. The molecule has 7 nitrogen and oxygen atoms in total. The number of hydrogen-bond acceptors (Lipinski definition) is 4. The Morgan fingerprint density at radius 2 is 1.64 bits per heavy atom. The van der Waals surface area contributed by atoms with Crippen molar-refractivity contribution in [2.75, 3.05) is 13.1 Å². The molecule has 1 fully saturated rings. The van der Waals surface area contributed by atoms with Crippen molar-refractivity contribution in [3.63, 3.8) is 0 Å². The van der Waals surface area contributed by atoms with Crippen LogP contribution >= 0.6 is 0 Å². The number of carboxylic acids is 1. The number of aliphatic carboxylic acids is 1. The summed E-state index contributed by atoms with van der Waals surface area (Å²) in [7, 11) is 0. The number of rotatable bonds is 3. The smallest absolute Gasteiger partial charge is 0.410 e. The maximum absolute atomic E-state index is 12.0. The molecule has 2 N–H and O–H groups in total. The van der Waals surface area contributed by atoms with Gasteiger partial charge in [-0.3, -0.25) is 4.79 Å². The number of carboxylic acid groups (broad SMARTS) is 1. The maximum Gasteiger partial charge on any atom is 0.410 e. The summed E-state index contributed by atoms with van der Waals surface area (Å²) in [5, 5.41) is 12.0. The lowest BCUT2D eigenvalue weighted by Crippen LogP contribution is -2.59. The summed E-state index contributed by atoms with van der Waals surface area (Å²) in [5.74, 6) is -1.66. The van der Waals surface area contributed by atoms with Crippen LogP contribution in [0.3, 0.4) is 0 Å². The predicted octanol–water partition coefficient (Wildman–Crippen LogP) is 1.61. The normalized spacial score (nSPS) is 19.2. The van der Waals surface area contributed by atoms with E-state index in [2.05, 4.69) is 5.32 Å². The maximum atomic E-state index is 12.0. The summed E-state index contributed by atoms with van der Waals surface area (Å²) in [4.78, 5) is 36.4. The Balaban J connectivity index is 2.69. The van der Waals surface area contributed by atoms with E-state index in [1.54, 1.807) is 25.7 Å². The van der Waals surface area contributed by atoms with Gasteiger partial charge in [0.05, 0.1) is 0 Å². The van der Waals surface area contributed by atoms with Crippen LogP contribution in [0.25, 0.3) is 0 Å². The topological polar surface area (TPSA) is 95.9 Å². The minimum atomic E-state index is -1.31. The van der Waals surface area contributed by atoms with Gasteiger partial charge in [-0.2, -0.15) is 0 Å². The number of nitrogens with one attached hydrogen (secondary N) is 1. The van der Waals surface area contributed by atoms with Crippen LogP contribution in [0.15, 0.2) is 0 Å². The van der Waals surface area contributed by atoms with Gasteiger partial charge < -0.3 is 20.1 Å². The molecule has 0 radical (unpaired) electrons. The Labute approximate surface area is 131 Å². The summed E-state index contributed by atoms with van der Waals surface area (Å²) >= 11 is 0. The van der Waals surface area contributed by atoms with Gasteiger partial charge in [0.2, 0.25) is 5.91 Å². The highest BCUT2D eigenvalue weighted by Gasteiger charge is 2.44. The van der Waals surface area contributed by atoms with Crippen molar-refractivity contribution in [2.24, 2.45) is 5.92 Å². The highest BCUT2D eigenvalue weighted by Crippen LogP contribution is 2.29. The van der Waals surface area contributed by atoms with Crippen LogP contribution in [-0.2, 0) is 14.3 Å². The fraction of sp³-hybridized carbons (Fsp3) is 0.800. The van der Waals surface area contributed by atoms with Gasteiger partial charge in [-0.25, -0.2) is 9.59 Å². The van der Waals surface area contributed by atoms with Crippen molar-refractivity contribution in [1.82, 2.24) is 10.2 Å². The molecule has 22 heavy (non-hydrogen) atoms. The summed E-state index contributed by atoms with van der Waals surface area (Å²) in [6, 6.07) is 0. The number of amides is 2. The number of carbonyl (C=O) groups excluding carboxylic acids is 2. The van der Waals surface area contributed by atoms with Crippen LogP contribution < -0.4 is 5.32 Å². The van der Waals surface area contributed by atoms with Gasteiger partial charge in [-0.1, -0.05) is 0 Å². The minimum Gasteiger partial charge on any atom is -0.480 e. The summed E-state index contributed by atoms with van der Waals surface area (Å²) in [6.45, 7) is 9.06. The molecule has 126 valence electrons. The highest BCUT2D eigenvalue weighted by atomic mass is 16.6. The van der Waals surface area contributed by atoms with Gasteiger partial charge >= 0.3 is 12.1 Å². The quantitative estimate of drug-likeness (QED) is 0.825. The van der Waals surface area contributed by atoms with E-state index in [4.69, 9.17) is 4.74 Å². The molecule has 1 atom stereocenters. The van der Waals surface area contributed by atoms with Crippen LogP contribution in [-0.4, -0.2) is 52.2 Å². The molecule has 0 aromatic carbocycles. The molecule has 1 heterocycles. The van der Waals surface area contributed by atoms with Crippen LogP contribution in [0.5, 0.6) is 0 Å². The average molecular weight is 314 g/mol. The second-order valence-electron chi connectivity index (χ2n) is 6.93. The first-order valence-corrected chi connectivity index (χ1v) is 7.46. The molecule has 7 heteroatoms. The average Bonchev–Trinajstić information content (AvgIpc) is 2.35. The number of carbonyl (C=O) groups is 3. The molecule has 1 aliphatic rings. The molecule has 1 aliphatic heterocycles. The fourth-order valence-electron chi connectivity index (χ4n) is 2.66. The monoisotopic (exact) mass is 314 g/mol. The summed E-state index contributed by atoms with van der Waals surface area (Å²) < 4.78 is 5.31. The van der Waals surface area contributed by atoms with E-state index < -0.39 is 17.1 Å². The molecule has 1 unspecified atom stereocenters. The highest BCUT2D eigenvalue weighted by molar-refractivity contribution is 5.86. The van der Waals surface area contributed by atoms with Gasteiger partial charge in [-0.05, 0) is 46.5 Å². The molecule has 0 saturated carbocycles. The van der Waals surface area contributed by atoms with E-state index in [9.17, 15) is 19.5 Å². The molecule has 1 rings (SSSR count). The standard InChI is InChI=1S/C15H26N2O5/c1-10(18)16-15(5,12(19)20)11-6-8-17(9-7-11)13(21)22-14(2,3)4/h11H,6-9H2,1-5H3,(H,16,18)(H,19,20). The Kier molecular flexibility index (Phi) is 5.43. The Bertz CT molecular complexity index is 449. The van der Waals surface area contributed by atoms with Crippen molar-refractivity contribution in [1.29, 1.82) is 0 Å². The third-order valence-electron chi connectivity index (χ3n) is 3.84. The number of likely N-dealkylation sites (tertiary alicyclic amines) is 1. The van der Waals surface area contributed by atoms with Crippen LogP contribution in [0.2, 0.25) is 0 Å². The van der Waals surface area contributed by atoms with Crippen molar-refractivity contribution in [2.45, 2.75) is 58.6 Å². The second kappa shape index (κ2) is 6.54. The third-order valence-corrected chi connectivity index (χ3v) is 3.84. The number of ether oxygens (including phenoxy) is 1. The lowest BCUT2D eigenvalue weighted by molar-refractivity contribution is -0.150. The largest absolute Gasteiger partial charge is 0.480 e. The van der Waals surface area contributed by atoms with Crippen LogP contribution in [0.4, 0.5) is 4.79 Å². The van der Waals surface area contributed by atoms with Crippen molar-refractivity contribution < 1.29 is 24.2 Å². The van der Waals surface area contributed by atoms with Gasteiger partial charge in [-0.15, -0.1) is 0 Å². The van der Waals surface area contributed by atoms with E-state index >= 15 is 0 Å². The number of nitrogens with zero attached hydrogens (tertiary/aromatic N) is 1. The van der Waals surface area contributed by atoms with Gasteiger partial charge in [0.1, 0.15) is 11.1 Å². The Morgan fingerprint density at radius 1 is 1.14 bits per heavy atom. The minimum absolute atomic E-state index is 0.229. The summed E-state index contributed by atoms with van der Waals surface area (Å²) in [5.41, 5.74) is -1.87. The SMILES string of the molecule is CC(=O)NC(C)(C(=O)O)C1CCN(C(=O)OC(C)(C)C)CC1. The van der Waals surface area contributed by atoms with Crippen molar-refractivity contribution in [3.05, 3.63) is 0 Å². The predicted molar refractivity (Wildman–Crippen MR) is 80.4 cm³/mol. The molecule has 0 aromatic rings. The molecule has 0 aliphatic carbocycles.